The topological polar surface area (TPSA) is 119 Å². The summed E-state index contributed by atoms with van der Waals surface area (Å²) in [5.41, 5.74) is 1.12. The second-order valence-corrected chi connectivity index (χ2v) is 7.21. The van der Waals surface area contributed by atoms with Gasteiger partial charge in [0.25, 0.3) is 0 Å². The molecule has 0 saturated heterocycles. The number of halogens is 1. The zero-order valence-corrected chi connectivity index (χ0v) is 15.1. The number of esters is 1. The number of hydrogen-bond acceptors (Lipinski definition) is 8. The van der Waals surface area contributed by atoms with Crippen molar-refractivity contribution in [1.82, 2.24) is 0 Å². The van der Waals surface area contributed by atoms with Gasteiger partial charge in [-0.1, -0.05) is 17.7 Å². The lowest BCUT2D eigenvalue weighted by Crippen LogP contribution is -2.22. The van der Waals surface area contributed by atoms with Crippen molar-refractivity contribution in [2.75, 3.05) is 13.4 Å². The third-order valence-corrected chi connectivity index (χ3v) is 4.32. The van der Waals surface area contributed by atoms with Crippen LogP contribution in [0.4, 0.5) is 0 Å². The third kappa shape index (κ3) is 3.88. The molecule has 0 bridgehead atoms. The molecule has 1 aliphatic heterocycles. The number of carbonyl (C=O) groups is 2. The van der Waals surface area contributed by atoms with Gasteiger partial charge in [-0.3, -0.25) is 0 Å². The van der Waals surface area contributed by atoms with E-state index >= 15 is 0 Å². The zero-order valence-electron chi connectivity index (χ0n) is 13.5. The summed E-state index contributed by atoms with van der Waals surface area (Å²) in [6.07, 6.45) is 1.75. The molecule has 0 spiro atoms. The summed E-state index contributed by atoms with van der Waals surface area (Å²) >= 11 is 5.54. The van der Waals surface area contributed by atoms with Crippen LogP contribution in [0.2, 0.25) is 0 Å². The average Bonchev–Trinajstić information content (AvgIpc) is 2.89. The number of allylic oxidation sites excluding steroid dienone is 1. The normalized spacial score (nSPS) is 14.1. The Kier molecular flexibility index (Phi) is 5.28. The molecule has 0 radical (unpaired) electrons. The molecular weight excluding hydrogens is 376 g/mol. The van der Waals surface area contributed by atoms with E-state index in [1.807, 2.05) is 0 Å². The van der Waals surface area contributed by atoms with Crippen molar-refractivity contribution >= 4 is 33.7 Å². The van der Waals surface area contributed by atoms with E-state index in [-0.39, 0.29) is 35.7 Å². The molecule has 8 nitrogen and oxygen atoms in total. The number of rotatable bonds is 6. The summed E-state index contributed by atoms with van der Waals surface area (Å²) in [6.45, 7) is 1.61. The van der Waals surface area contributed by atoms with Crippen molar-refractivity contribution in [3.05, 3.63) is 33.4 Å². The number of carbonyl (C=O) groups excluding carboxylic acids is 2. The molecule has 136 valence electrons. The number of cyclic esters (lactones) is 1. The van der Waals surface area contributed by atoms with Crippen LogP contribution in [0.15, 0.2) is 11.1 Å². The van der Waals surface area contributed by atoms with Gasteiger partial charge in [-0.2, -0.15) is 8.42 Å². The van der Waals surface area contributed by atoms with Crippen LogP contribution in [0.25, 0.3) is 0 Å². The van der Waals surface area contributed by atoms with Crippen LogP contribution in [0.5, 0.6) is 11.5 Å². The number of methoxy groups -OCH3 is 1. The van der Waals surface area contributed by atoms with E-state index in [2.05, 4.69) is 0 Å². The maximum atomic E-state index is 12.0. The van der Waals surface area contributed by atoms with Crippen LogP contribution in [0, 0.1) is 6.92 Å². The maximum Gasteiger partial charge on any atom is 0.342 e. The Morgan fingerprint density at radius 2 is 2.04 bits per heavy atom. The predicted molar refractivity (Wildman–Crippen MR) is 85.0 cm³/mol. The number of carboxylic acids is 1. The monoisotopic (exact) mass is 389 g/mol. The number of fused-ring (bicyclic) bond motifs is 1. The molecule has 10 heteroatoms. The fourth-order valence-corrected chi connectivity index (χ4v) is 3.09. The van der Waals surface area contributed by atoms with Crippen LogP contribution in [0.3, 0.4) is 0 Å². The first-order chi connectivity index (χ1) is 11.6. The van der Waals surface area contributed by atoms with Crippen molar-refractivity contribution in [3.8, 4) is 11.5 Å². The van der Waals surface area contributed by atoms with Crippen molar-refractivity contribution in [2.24, 2.45) is 0 Å². The fraction of sp³-hybridized carbons (Fsp3) is 0.333. The molecule has 0 atom stereocenters. The van der Waals surface area contributed by atoms with Gasteiger partial charge in [0, 0.05) is 11.1 Å². The molecule has 0 fully saturated rings. The number of hydrogen-bond donors (Lipinski definition) is 0. The molecule has 0 N–H and O–H groups in total. The van der Waals surface area contributed by atoms with Crippen LogP contribution >= 0.6 is 11.6 Å². The Bertz CT molecular complexity index is 886. The molecule has 0 unspecified atom stereocenters. The quantitative estimate of drug-likeness (QED) is 0.390. The molecule has 0 amide bonds. The van der Waals surface area contributed by atoms with Crippen LogP contribution in [-0.2, 0) is 32.7 Å². The highest BCUT2D eigenvalue weighted by atomic mass is 35.5. The first-order valence-corrected chi connectivity index (χ1v) is 9.12. The molecule has 0 aromatic heterocycles. The van der Waals surface area contributed by atoms with E-state index < -0.39 is 27.1 Å². The Labute approximate surface area is 149 Å². The molecule has 1 aromatic carbocycles. The Hall–Kier alpha value is -2.26. The molecule has 1 aromatic rings. The summed E-state index contributed by atoms with van der Waals surface area (Å²) < 4.78 is 38.5. The molecule has 0 aliphatic carbocycles. The fourth-order valence-electron chi connectivity index (χ4n) is 2.53. The Morgan fingerprint density at radius 1 is 1.40 bits per heavy atom. The predicted octanol–water partition coefficient (Wildman–Crippen LogP) is 0.428. The van der Waals surface area contributed by atoms with Gasteiger partial charge in [-0.05, 0) is 18.9 Å². The summed E-state index contributed by atoms with van der Waals surface area (Å²) in [4.78, 5) is 22.8. The van der Waals surface area contributed by atoms with Crippen molar-refractivity contribution < 1.29 is 36.8 Å². The van der Waals surface area contributed by atoms with Gasteiger partial charge in [-0.15, -0.1) is 0 Å². The first-order valence-electron chi connectivity index (χ1n) is 6.92. The Morgan fingerprint density at radius 3 is 2.56 bits per heavy atom. The lowest BCUT2D eigenvalue weighted by molar-refractivity contribution is -0.298. The van der Waals surface area contributed by atoms with E-state index in [9.17, 15) is 23.1 Å². The van der Waals surface area contributed by atoms with Crippen molar-refractivity contribution in [1.29, 1.82) is 0 Å². The minimum absolute atomic E-state index is 0.0308. The average molecular weight is 390 g/mol. The van der Waals surface area contributed by atoms with Crippen molar-refractivity contribution in [2.45, 2.75) is 20.0 Å². The lowest BCUT2D eigenvalue weighted by Gasteiger charge is -2.18. The smallest absolute Gasteiger partial charge is 0.342 e. The van der Waals surface area contributed by atoms with Gasteiger partial charge in [-0.25, -0.2) is 4.79 Å². The Balaban J connectivity index is 2.76. The number of benzene rings is 1. The highest BCUT2D eigenvalue weighted by Gasteiger charge is 2.34. The van der Waals surface area contributed by atoms with Crippen LogP contribution in [0.1, 0.15) is 27.0 Å². The summed E-state index contributed by atoms with van der Waals surface area (Å²) in [5, 5.41) is 10.2. The van der Waals surface area contributed by atoms with E-state index in [0.29, 0.717) is 11.1 Å². The first kappa shape index (κ1) is 19.1. The minimum Gasteiger partial charge on any atom is -0.544 e. The lowest BCUT2D eigenvalue weighted by atomic mass is 9.95. The summed E-state index contributed by atoms with van der Waals surface area (Å²) in [6, 6.07) is 0. The number of carboxylic acid groups (broad SMARTS) is 1. The summed E-state index contributed by atoms with van der Waals surface area (Å²) in [5.74, 6) is -2.35. The third-order valence-electron chi connectivity index (χ3n) is 3.54. The van der Waals surface area contributed by atoms with Crippen LogP contribution < -0.4 is 14.0 Å². The maximum absolute atomic E-state index is 12.0. The standard InChI is InChI=1S/C15H15ClO8S/c1-7-9-6-23-15(19)11(9)13(24-25(3,20)21)8(12(7)22-2)4-5-10(16)14(17)18/h5H,4,6H2,1-3H3,(H,17,18)/p-1/b10-5-. The van der Waals surface area contributed by atoms with Gasteiger partial charge in [0.1, 0.15) is 17.9 Å². The van der Waals surface area contributed by atoms with Crippen molar-refractivity contribution in [3.63, 3.8) is 0 Å². The SMILES string of the molecule is COc1c(C)c2c(c(OS(C)(=O)=O)c1C/C=C(\Cl)C(=O)[O-])C(=O)OC2. The minimum atomic E-state index is -3.98. The number of ether oxygens (including phenoxy) is 2. The molecular formula is C15H14ClO8S-. The second kappa shape index (κ2) is 6.93. The van der Waals surface area contributed by atoms with E-state index in [1.165, 1.54) is 7.11 Å². The molecule has 25 heavy (non-hydrogen) atoms. The van der Waals surface area contributed by atoms with E-state index in [4.69, 9.17) is 25.3 Å². The highest BCUT2D eigenvalue weighted by molar-refractivity contribution is 7.86. The van der Waals surface area contributed by atoms with E-state index in [1.54, 1.807) is 6.92 Å². The van der Waals surface area contributed by atoms with Gasteiger partial charge < -0.3 is 23.6 Å². The highest BCUT2D eigenvalue weighted by Crippen LogP contribution is 2.43. The van der Waals surface area contributed by atoms with E-state index in [0.717, 1.165) is 12.3 Å². The molecule has 1 heterocycles. The van der Waals surface area contributed by atoms with Gasteiger partial charge in [0.2, 0.25) is 0 Å². The largest absolute Gasteiger partial charge is 0.544 e. The molecule has 0 saturated carbocycles. The zero-order chi connectivity index (χ0) is 18.9. The number of aliphatic carboxylic acids is 1. The second-order valence-electron chi connectivity index (χ2n) is 5.23. The van der Waals surface area contributed by atoms with Crippen LogP contribution in [-0.4, -0.2) is 33.7 Å². The van der Waals surface area contributed by atoms with Gasteiger partial charge in [0.15, 0.2) is 5.75 Å². The molecule has 2 rings (SSSR count). The van der Waals surface area contributed by atoms with Gasteiger partial charge >= 0.3 is 16.1 Å². The molecule has 1 aliphatic rings. The summed E-state index contributed by atoms with van der Waals surface area (Å²) in [7, 11) is -2.63. The van der Waals surface area contributed by atoms with Gasteiger partial charge in [0.05, 0.1) is 24.4 Å².